The van der Waals surface area contributed by atoms with Crippen molar-refractivity contribution in [2.45, 2.75) is 52.6 Å². The molecule has 1 saturated heterocycles. The lowest BCUT2D eigenvalue weighted by Gasteiger charge is -2.39. The lowest BCUT2D eigenvalue weighted by molar-refractivity contribution is -0.167. The number of ether oxygens (including phenoxy) is 2. The van der Waals surface area contributed by atoms with Crippen LogP contribution in [0.25, 0.3) is 0 Å². The van der Waals surface area contributed by atoms with Gasteiger partial charge in [0.05, 0.1) is 6.61 Å². The molecule has 0 aliphatic carbocycles. The zero-order valence-electron chi connectivity index (χ0n) is 15.9. The van der Waals surface area contributed by atoms with Gasteiger partial charge in [-0.3, -0.25) is 9.59 Å². The first-order valence-electron chi connectivity index (χ1n) is 8.96. The summed E-state index contributed by atoms with van der Waals surface area (Å²) in [6, 6.07) is 9.30. The van der Waals surface area contributed by atoms with Crippen LogP contribution in [-0.2, 0) is 25.5 Å². The Morgan fingerprint density at radius 2 is 1.85 bits per heavy atom. The summed E-state index contributed by atoms with van der Waals surface area (Å²) in [5.41, 5.74) is -1.27. The van der Waals surface area contributed by atoms with Crippen LogP contribution < -0.4 is 0 Å². The standard InChI is InChI=1S/C20H27NO5/c1-5-25-17(23)20(14-15-10-7-6-8-11-15)12-9-13-21(16(20)22)18(24)26-19(2,3)4/h6-8,10-11H,5,9,12-14H2,1-4H3/t20-/m0/s1. The van der Waals surface area contributed by atoms with Gasteiger partial charge in [-0.2, -0.15) is 0 Å². The summed E-state index contributed by atoms with van der Waals surface area (Å²) < 4.78 is 10.6. The van der Waals surface area contributed by atoms with Gasteiger partial charge in [0.1, 0.15) is 5.60 Å². The molecule has 6 nitrogen and oxygen atoms in total. The lowest BCUT2D eigenvalue weighted by atomic mass is 9.74. The van der Waals surface area contributed by atoms with Crippen molar-refractivity contribution in [1.82, 2.24) is 4.90 Å². The predicted molar refractivity (Wildman–Crippen MR) is 96.4 cm³/mol. The SMILES string of the molecule is CCOC(=O)[C@]1(Cc2ccccc2)CCCN(C(=O)OC(C)(C)C)C1=O. The fourth-order valence-corrected chi connectivity index (χ4v) is 3.14. The lowest BCUT2D eigenvalue weighted by Crippen LogP contribution is -2.57. The van der Waals surface area contributed by atoms with Gasteiger partial charge in [-0.15, -0.1) is 0 Å². The second-order valence-corrected chi connectivity index (χ2v) is 7.51. The van der Waals surface area contributed by atoms with Crippen molar-refractivity contribution in [3.05, 3.63) is 35.9 Å². The van der Waals surface area contributed by atoms with Gasteiger partial charge in [0, 0.05) is 6.54 Å². The van der Waals surface area contributed by atoms with E-state index in [4.69, 9.17) is 9.47 Å². The van der Waals surface area contributed by atoms with Gasteiger partial charge in [0.2, 0.25) is 5.91 Å². The van der Waals surface area contributed by atoms with E-state index in [1.807, 2.05) is 30.3 Å². The van der Waals surface area contributed by atoms with Crippen LogP contribution in [0, 0.1) is 5.41 Å². The summed E-state index contributed by atoms with van der Waals surface area (Å²) >= 11 is 0. The topological polar surface area (TPSA) is 72.9 Å². The van der Waals surface area contributed by atoms with Crippen LogP contribution in [0.3, 0.4) is 0 Å². The number of carbonyl (C=O) groups excluding carboxylic acids is 3. The van der Waals surface area contributed by atoms with Crippen molar-refractivity contribution in [2.24, 2.45) is 5.41 Å². The number of likely N-dealkylation sites (tertiary alicyclic amines) is 1. The van der Waals surface area contributed by atoms with Crippen LogP contribution in [0.15, 0.2) is 30.3 Å². The summed E-state index contributed by atoms with van der Waals surface area (Å²) in [4.78, 5) is 39.5. The van der Waals surface area contributed by atoms with E-state index in [-0.39, 0.29) is 19.6 Å². The predicted octanol–water partition coefficient (Wildman–Crippen LogP) is 3.34. The van der Waals surface area contributed by atoms with Crippen LogP contribution >= 0.6 is 0 Å². The van der Waals surface area contributed by atoms with E-state index in [9.17, 15) is 14.4 Å². The average molecular weight is 361 g/mol. The number of nitrogens with zero attached hydrogens (tertiary/aromatic N) is 1. The second-order valence-electron chi connectivity index (χ2n) is 7.51. The Morgan fingerprint density at radius 1 is 1.19 bits per heavy atom. The van der Waals surface area contributed by atoms with E-state index < -0.39 is 29.0 Å². The molecule has 1 aliphatic rings. The number of hydrogen-bond donors (Lipinski definition) is 0. The van der Waals surface area contributed by atoms with Gasteiger partial charge < -0.3 is 9.47 Å². The van der Waals surface area contributed by atoms with Crippen LogP contribution in [-0.4, -0.2) is 41.6 Å². The first kappa shape index (κ1) is 19.9. The fourth-order valence-electron chi connectivity index (χ4n) is 3.14. The van der Waals surface area contributed by atoms with E-state index in [1.165, 1.54) is 0 Å². The van der Waals surface area contributed by atoms with Crippen molar-refractivity contribution in [3.8, 4) is 0 Å². The summed E-state index contributed by atoms with van der Waals surface area (Å²) in [5, 5.41) is 0. The van der Waals surface area contributed by atoms with Crippen molar-refractivity contribution < 1.29 is 23.9 Å². The molecule has 1 aromatic rings. The highest BCUT2D eigenvalue weighted by atomic mass is 16.6. The average Bonchev–Trinajstić information content (AvgIpc) is 2.56. The zero-order chi connectivity index (χ0) is 19.4. The number of rotatable bonds is 4. The third-order valence-corrected chi connectivity index (χ3v) is 4.27. The minimum atomic E-state index is -1.40. The molecule has 0 bridgehead atoms. The maximum absolute atomic E-state index is 13.2. The Morgan fingerprint density at radius 3 is 2.42 bits per heavy atom. The smallest absolute Gasteiger partial charge is 0.417 e. The van der Waals surface area contributed by atoms with E-state index in [2.05, 4.69) is 0 Å². The van der Waals surface area contributed by atoms with Crippen LogP contribution in [0.5, 0.6) is 0 Å². The van der Waals surface area contributed by atoms with Crippen molar-refractivity contribution in [2.75, 3.05) is 13.2 Å². The molecule has 0 saturated carbocycles. The number of carbonyl (C=O) groups is 3. The Kier molecular flexibility index (Phi) is 6.05. The molecular weight excluding hydrogens is 334 g/mol. The first-order chi connectivity index (χ1) is 12.2. The molecule has 0 radical (unpaired) electrons. The third kappa shape index (κ3) is 4.42. The fraction of sp³-hybridized carbons (Fsp3) is 0.550. The molecular formula is C20H27NO5. The van der Waals surface area contributed by atoms with E-state index in [1.54, 1.807) is 27.7 Å². The molecule has 2 amide bonds. The van der Waals surface area contributed by atoms with Crippen LogP contribution in [0.4, 0.5) is 4.79 Å². The summed E-state index contributed by atoms with van der Waals surface area (Å²) in [6.07, 6.45) is 0.351. The summed E-state index contributed by atoms with van der Waals surface area (Å²) in [7, 11) is 0. The van der Waals surface area contributed by atoms with E-state index in [0.717, 1.165) is 10.5 Å². The molecule has 1 fully saturated rings. The van der Waals surface area contributed by atoms with Gasteiger partial charge in [-0.05, 0) is 52.5 Å². The minimum absolute atomic E-state index is 0.176. The number of piperidine rings is 1. The summed E-state index contributed by atoms with van der Waals surface area (Å²) in [5.74, 6) is -1.12. The number of benzene rings is 1. The number of amides is 2. The van der Waals surface area contributed by atoms with Crippen LogP contribution in [0.2, 0.25) is 0 Å². The molecule has 1 aliphatic heterocycles. The molecule has 0 spiro atoms. The van der Waals surface area contributed by atoms with Crippen LogP contribution in [0.1, 0.15) is 46.1 Å². The number of imide groups is 1. The largest absolute Gasteiger partial charge is 0.465 e. The molecule has 0 unspecified atom stereocenters. The highest BCUT2D eigenvalue weighted by Gasteiger charge is 2.53. The number of hydrogen-bond acceptors (Lipinski definition) is 5. The van der Waals surface area contributed by atoms with Gasteiger partial charge in [0.25, 0.3) is 0 Å². The van der Waals surface area contributed by atoms with Crippen molar-refractivity contribution in [1.29, 1.82) is 0 Å². The quantitative estimate of drug-likeness (QED) is 0.607. The van der Waals surface area contributed by atoms with Gasteiger partial charge >= 0.3 is 12.1 Å². The Balaban J connectivity index is 2.35. The van der Waals surface area contributed by atoms with Gasteiger partial charge in [0.15, 0.2) is 5.41 Å². The Bertz CT molecular complexity index is 665. The maximum Gasteiger partial charge on any atom is 0.417 e. The normalized spacial score (nSPS) is 20.6. The molecule has 1 atom stereocenters. The second kappa shape index (κ2) is 7.89. The maximum atomic E-state index is 13.2. The highest BCUT2D eigenvalue weighted by Crippen LogP contribution is 2.37. The van der Waals surface area contributed by atoms with E-state index in [0.29, 0.717) is 12.8 Å². The molecule has 1 aromatic carbocycles. The van der Waals surface area contributed by atoms with Gasteiger partial charge in [-0.25, -0.2) is 9.69 Å². The van der Waals surface area contributed by atoms with Crippen molar-refractivity contribution >= 4 is 18.0 Å². The monoisotopic (exact) mass is 361 g/mol. The molecule has 0 N–H and O–H groups in total. The van der Waals surface area contributed by atoms with E-state index >= 15 is 0 Å². The summed E-state index contributed by atoms with van der Waals surface area (Å²) in [6.45, 7) is 7.33. The van der Waals surface area contributed by atoms with Crippen molar-refractivity contribution in [3.63, 3.8) is 0 Å². The Hall–Kier alpha value is -2.37. The molecule has 0 aromatic heterocycles. The Labute approximate surface area is 154 Å². The first-order valence-corrected chi connectivity index (χ1v) is 8.96. The molecule has 142 valence electrons. The third-order valence-electron chi connectivity index (χ3n) is 4.27. The molecule has 1 heterocycles. The minimum Gasteiger partial charge on any atom is -0.465 e. The number of esters is 1. The zero-order valence-corrected chi connectivity index (χ0v) is 15.9. The molecule has 6 heteroatoms. The molecule has 2 rings (SSSR count). The highest BCUT2D eigenvalue weighted by molar-refractivity contribution is 6.08. The van der Waals surface area contributed by atoms with Gasteiger partial charge in [-0.1, -0.05) is 30.3 Å². The molecule has 26 heavy (non-hydrogen) atoms.